The SMILES string of the molecule is COC(=O)c1cc(C2CC(F)(F)C(S)N2)c(N)cn1. The van der Waals surface area contributed by atoms with E-state index < -0.39 is 29.7 Å². The van der Waals surface area contributed by atoms with Crippen LogP contribution in [0.25, 0.3) is 0 Å². The van der Waals surface area contributed by atoms with Gasteiger partial charge in [-0.2, -0.15) is 12.6 Å². The smallest absolute Gasteiger partial charge is 0.356 e. The van der Waals surface area contributed by atoms with Crippen LogP contribution in [0.3, 0.4) is 0 Å². The molecule has 8 heteroatoms. The van der Waals surface area contributed by atoms with E-state index in [1.54, 1.807) is 0 Å². The lowest BCUT2D eigenvalue weighted by molar-refractivity contribution is 0.0121. The summed E-state index contributed by atoms with van der Waals surface area (Å²) in [4.78, 5) is 15.2. The molecule has 1 aliphatic heterocycles. The molecule has 0 aromatic carbocycles. The molecule has 2 unspecified atom stereocenters. The lowest BCUT2D eigenvalue weighted by Crippen LogP contribution is -2.30. The molecule has 2 rings (SSSR count). The second-order valence-electron chi connectivity index (χ2n) is 4.28. The number of alkyl halides is 2. The number of thiol groups is 1. The standard InChI is InChI=1S/C11H13F2N3O2S/c1-18-9(17)7-2-5(6(14)4-15-7)8-3-11(12,13)10(19)16-8/h2,4,8,10,16,19H,3,14H2,1H3. The monoisotopic (exact) mass is 289 g/mol. The molecule has 0 aliphatic carbocycles. The van der Waals surface area contributed by atoms with Crippen LogP contribution in [-0.4, -0.2) is 29.4 Å². The lowest BCUT2D eigenvalue weighted by Gasteiger charge is -2.14. The average Bonchev–Trinajstić information content (AvgIpc) is 2.63. The number of halogens is 2. The minimum Gasteiger partial charge on any atom is -0.464 e. The predicted octanol–water partition coefficient (Wildman–Crippen LogP) is 1.38. The Labute approximate surface area is 113 Å². The first-order valence-corrected chi connectivity index (χ1v) is 6.02. The van der Waals surface area contributed by atoms with Gasteiger partial charge in [0.05, 0.1) is 19.0 Å². The van der Waals surface area contributed by atoms with Crippen molar-refractivity contribution >= 4 is 24.3 Å². The number of nitrogens with two attached hydrogens (primary N) is 1. The zero-order valence-electron chi connectivity index (χ0n) is 10.1. The number of hydrogen-bond donors (Lipinski definition) is 3. The van der Waals surface area contributed by atoms with E-state index in [1.165, 1.54) is 19.4 Å². The van der Waals surface area contributed by atoms with Gasteiger partial charge in [-0.25, -0.2) is 18.6 Å². The Hall–Kier alpha value is -1.41. The second-order valence-corrected chi connectivity index (χ2v) is 4.79. The highest BCUT2D eigenvalue weighted by Crippen LogP contribution is 2.41. The number of nitrogens with one attached hydrogen (secondary N) is 1. The zero-order chi connectivity index (χ0) is 14.2. The molecule has 1 aromatic rings. The molecule has 104 valence electrons. The molecule has 0 radical (unpaired) electrons. The maximum Gasteiger partial charge on any atom is 0.356 e. The van der Waals surface area contributed by atoms with Gasteiger partial charge in [-0.05, 0) is 11.6 Å². The summed E-state index contributed by atoms with van der Waals surface area (Å²) in [5.41, 5.74) is 6.38. The van der Waals surface area contributed by atoms with Crippen molar-refractivity contribution in [2.45, 2.75) is 23.8 Å². The minimum atomic E-state index is -2.94. The third-order valence-electron chi connectivity index (χ3n) is 2.97. The Balaban J connectivity index is 2.33. The van der Waals surface area contributed by atoms with Gasteiger partial charge in [0.15, 0.2) is 0 Å². The highest BCUT2D eigenvalue weighted by atomic mass is 32.1. The zero-order valence-corrected chi connectivity index (χ0v) is 11.0. The molecule has 1 aliphatic rings. The first-order valence-electron chi connectivity index (χ1n) is 5.51. The molecule has 3 N–H and O–H groups in total. The molecule has 5 nitrogen and oxygen atoms in total. The highest BCUT2D eigenvalue weighted by Gasteiger charge is 2.47. The topological polar surface area (TPSA) is 77.2 Å². The Morgan fingerprint density at radius 1 is 1.68 bits per heavy atom. The molecule has 2 atom stereocenters. The van der Waals surface area contributed by atoms with E-state index in [-0.39, 0.29) is 11.4 Å². The number of carbonyl (C=O) groups is 1. The molecule has 0 amide bonds. The van der Waals surface area contributed by atoms with Crippen molar-refractivity contribution in [2.75, 3.05) is 12.8 Å². The Kier molecular flexibility index (Phi) is 3.64. The third-order valence-corrected chi connectivity index (χ3v) is 3.50. The maximum absolute atomic E-state index is 13.4. The van der Waals surface area contributed by atoms with Crippen LogP contribution in [0, 0.1) is 0 Å². The number of methoxy groups -OCH3 is 1. The Bertz CT molecular complexity index is 513. The summed E-state index contributed by atoms with van der Waals surface area (Å²) < 4.78 is 31.4. The summed E-state index contributed by atoms with van der Waals surface area (Å²) in [6, 6.07) is 0.685. The highest BCUT2D eigenvalue weighted by molar-refractivity contribution is 7.81. The van der Waals surface area contributed by atoms with E-state index >= 15 is 0 Å². The van der Waals surface area contributed by atoms with Gasteiger partial charge in [0.2, 0.25) is 0 Å². The third kappa shape index (κ3) is 2.64. The van der Waals surface area contributed by atoms with Crippen molar-refractivity contribution in [3.8, 4) is 0 Å². The van der Waals surface area contributed by atoms with Crippen molar-refractivity contribution in [3.05, 3.63) is 23.5 Å². The quantitative estimate of drug-likeness (QED) is 0.566. The largest absolute Gasteiger partial charge is 0.464 e. The summed E-state index contributed by atoms with van der Waals surface area (Å²) in [7, 11) is 1.21. The Morgan fingerprint density at radius 3 is 2.89 bits per heavy atom. The fraction of sp³-hybridized carbons (Fsp3) is 0.455. The van der Waals surface area contributed by atoms with Crippen LogP contribution in [0.1, 0.15) is 28.5 Å². The number of rotatable bonds is 2. The number of anilines is 1. The van der Waals surface area contributed by atoms with E-state index in [0.717, 1.165) is 0 Å². The molecule has 19 heavy (non-hydrogen) atoms. The van der Waals surface area contributed by atoms with Crippen LogP contribution < -0.4 is 11.1 Å². The van der Waals surface area contributed by atoms with Crippen LogP contribution in [0.4, 0.5) is 14.5 Å². The van der Waals surface area contributed by atoms with Crippen molar-refractivity contribution in [1.82, 2.24) is 10.3 Å². The fourth-order valence-electron chi connectivity index (χ4n) is 1.95. The van der Waals surface area contributed by atoms with Crippen LogP contribution in [0.2, 0.25) is 0 Å². The van der Waals surface area contributed by atoms with E-state index in [1.807, 2.05) is 0 Å². The van der Waals surface area contributed by atoms with Crippen LogP contribution >= 0.6 is 12.6 Å². The number of carbonyl (C=O) groups excluding carboxylic acids is 1. The van der Waals surface area contributed by atoms with Crippen molar-refractivity contribution in [3.63, 3.8) is 0 Å². The van der Waals surface area contributed by atoms with Gasteiger partial charge in [0, 0.05) is 12.5 Å². The van der Waals surface area contributed by atoms with Gasteiger partial charge >= 0.3 is 5.97 Å². The van der Waals surface area contributed by atoms with Crippen molar-refractivity contribution in [1.29, 1.82) is 0 Å². The second kappa shape index (κ2) is 4.93. The van der Waals surface area contributed by atoms with Crippen molar-refractivity contribution in [2.24, 2.45) is 0 Å². The number of ether oxygens (including phenoxy) is 1. The number of aromatic nitrogens is 1. The Morgan fingerprint density at radius 2 is 2.37 bits per heavy atom. The minimum absolute atomic E-state index is 0.0273. The van der Waals surface area contributed by atoms with E-state index in [9.17, 15) is 13.6 Å². The van der Waals surface area contributed by atoms with Crippen LogP contribution in [0.5, 0.6) is 0 Å². The number of hydrogen-bond acceptors (Lipinski definition) is 6. The predicted molar refractivity (Wildman–Crippen MR) is 68.2 cm³/mol. The summed E-state index contributed by atoms with van der Waals surface area (Å²) >= 11 is 3.79. The van der Waals surface area contributed by atoms with Gasteiger partial charge in [-0.1, -0.05) is 0 Å². The summed E-state index contributed by atoms with van der Waals surface area (Å²) in [5, 5.41) is 1.40. The van der Waals surface area contributed by atoms with Gasteiger partial charge in [-0.3, -0.25) is 5.32 Å². The molecule has 1 fully saturated rings. The number of pyridine rings is 1. The van der Waals surface area contributed by atoms with Crippen molar-refractivity contribution < 1.29 is 18.3 Å². The van der Waals surface area contributed by atoms with Gasteiger partial charge in [0.25, 0.3) is 5.92 Å². The van der Waals surface area contributed by atoms with Crippen LogP contribution in [-0.2, 0) is 4.74 Å². The number of esters is 1. The normalized spacial score (nSPS) is 25.3. The first-order chi connectivity index (χ1) is 8.85. The van der Waals surface area contributed by atoms with Gasteiger partial charge < -0.3 is 10.5 Å². The number of nitrogens with zero attached hydrogens (tertiary/aromatic N) is 1. The first kappa shape index (κ1) is 14.0. The lowest BCUT2D eigenvalue weighted by atomic mass is 10.0. The summed E-state index contributed by atoms with van der Waals surface area (Å²) in [5.74, 6) is -3.58. The molecular formula is C11H13F2N3O2S. The van der Waals surface area contributed by atoms with E-state index in [2.05, 4.69) is 27.7 Å². The van der Waals surface area contributed by atoms with Crippen LogP contribution in [0.15, 0.2) is 12.3 Å². The summed E-state index contributed by atoms with van der Waals surface area (Å²) in [6.45, 7) is 0. The maximum atomic E-state index is 13.4. The van der Waals surface area contributed by atoms with E-state index in [0.29, 0.717) is 5.56 Å². The summed E-state index contributed by atoms with van der Waals surface area (Å²) in [6.07, 6.45) is 0.823. The fourth-order valence-corrected chi connectivity index (χ4v) is 2.24. The van der Waals surface area contributed by atoms with E-state index in [4.69, 9.17) is 5.73 Å². The number of nitrogen functional groups attached to an aromatic ring is 1. The molecule has 0 bridgehead atoms. The molecule has 1 aromatic heterocycles. The average molecular weight is 289 g/mol. The molecule has 0 saturated carbocycles. The molecular weight excluding hydrogens is 276 g/mol. The molecule has 0 spiro atoms. The molecule has 1 saturated heterocycles. The molecule has 2 heterocycles. The van der Waals surface area contributed by atoms with Gasteiger partial charge in [-0.15, -0.1) is 0 Å². The van der Waals surface area contributed by atoms with Gasteiger partial charge in [0.1, 0.15) is 11.1 Å².